The van der Waals surface area contributed by atoms with Gasteiger partial charge in [-0.3, -0.25) is 0 Å². The van der Waals surface area contributed by atoms with Crippen LogP contribution in [0.5, 0.6) is 0 Å². The summed E-state index contributed by atoms with van der Waals surface area (Å²) in [5.41, 5.74) is 0. The summed E-state index contributed by atoms with van der Waals surface area (Å²) in [5.74, 6) is 0.395. The van der Waals surface area contributed by atoms with Gasteiger partial charge in [0, 0.05) is 6.42 Å². The summed E-state index contributed by atoms with van der Waals surface area (Å²) in [7, 11) is 0. The van der Waals surface area contributed by atoms with Crippen molar-refractivity contribution in [3.8, 4) is 0 Å². The third-order valence-electron chi connectivity index (χ3n) is 0.938. The lowest BCUT2D eigenvalue weighted by molar-refractivity contribution is 0.418. The monoisotopic (exact) mass is 113 g/mol. The Balaban J connectivity index is 3.26. The van der Waals surface area contributed by atoms with Crippen LogP contribution in [0.25, 0.3) is 0 Å². The number of unbranched alkanes of at least 4 members (excludes halogenated alkanes) is 1. The third-order valence-corrected chi connectivity index (χ3v) is 0.938. The van der Waals surface area contributed by atoms with Crippen molar-refractivity contribution in [2.24, 2.45) is 0 Å². The Bertz CT molecular complexity index is 74.5. The van der Waals surface area contributed by atoms with Crippen LogP contribution < -0.4 is 0 Å². The summed E-state index contributed by atoms with van der Waals surface area (Å²) in [6, 6.07) is 0. The van der Waals surface area contributed by atoms with E-state index >= 15 is 0 Å². The molecule has 1 N–H and O–H groups in total. The number of rotatable bonds is 3. The van der Waals surface area contributed by atoms with Gasteiger partial charge in [0.05, 0.1) is 5.76 Å². The maximum Gasteiger partial charge on any atom is 0.0918 e. The highest BCUT2D eigenvalue weighted by molar-refractivity contribution is 5.00. The molecule has 0 saturated carbocycles. The zero-order valence-corrected chi connectivity index (χ0v) is 5.52. The fraction of sp³-hybridized carbons (Fsp3) is 0.571. The smallest absolute Gasteiger partial charge is 0.0918 e. The average Bonchev–Trinajstić information content (AvgIpc) is 1.83. The topological polar surface area (TPSA) is 20.2 Å². The van der Waals surface area contributed by atoms with Crippen molar-refractivity contribution in [3.05, 3.63) is 18.3 Å². The van der Waals surface area contributed by atoms with E-state index in [0.29, 0.717) is 5.76 Å². The molecular formula is C7H13O. The maximum absolute atomic E-state index is 8.79. The van der Waals surface area contributed by atoms with Gasteiger partial charge in [-0.25, -0.2) is 0 Å². The summed E-state index contributed by atoms with van der Waals surface area (Å²) < 4.78 is 0. The van der Waals surface area contributed by atoms with Crippen LogP contribution in [0, 0.1) is 6.42 Å². The highest BCUT2D eigenvalue weighted by Gasteiger charge is 1.83. The van der Waals surface area contributed by atoms with Gasteiger partial charge < -0.3 is 5.11 Å². The first kappa shape index (κ1) is 7.54. The molecular weight excluding hydrogens is 100 g/mol. The summed E-state index contributed by atoms with van der Waals surface area (Å²) in [6.45, 7) is 3.90. The Morgan fingerprint density at radius 2 is 2.25 bits per heavy atom. The Morgan fingerprint density at radius 3 is 2.62 bits per heavy atom. The van der Waals surface area contributed by atoms with E-state index in [1.54, 1.807) is 6.42 Å². The van der Waals surface area contributed by atoms with Gasteiger partial charge in [-0.05, 0) is 12.5 Å². The number of aliphatic hydroxyl groups excluding tert-OH is 1. The minimum absolute atomic E-state index is 0.395. The summed E-state index contributed by atoms with van der Waals surface area (Å²) in [4.78, 5) is 0. The molecule has 0 heterocycles. The van der Waals surface area contributed by atoms with Gasteiger partial charge in [-0.1, -0.05) is 20.3 Å². The molecule has 1 heteroatoms. The molecule has 0 aromatic carbocycles. The van der Waals surface area contributed by atoms with Crippen LogP contribution >= 0.6 is 0 Å². The van der Waals surface area contributed by atoms with Crippen molar-refractivity contribution in [1.29, 1.82) is 0 Å². The average molecular weight is 113 g/mol. The molecule has 0 unspecified atom stereocenters. The highest BCUT2D eigenvalue weighted by Crippen LogP contribution is 1.96. The molecule has 47 valence electrons. The van der Waals surface area contributed by atoms with Gasteiger partial charge in [-0.15, -0.1) is 0 Å². The van der Waals surface area contributed by atoms with Gasteiger partial charge in [0.25, 0.3) is 0 Å². The fourth-order valence-electron chi connectivity index (χ4n) is 0.410. The molecule has 0 aliphatic heterocycles. The van der Waals surface area contributed by atoms with Crippen LogP contribution in [-0.4, -0.2) is 5.11 Å². The standard InChI is InChI=1S/C7H13O/c1-3-5-6-7(8)4-2/h4,6,8H,3,5H2,1-2H3/b7-6-. The molecule has 0 aliphatic carbocycles. The summed E-state index contributed by atoms with van der Waals surface area (Å²) >= 11 is 0. The van der Waals surface area contributed by atoms with Gasteiger partial charge in [0.1, 0.15) is 0 Å². The molecule has 0 atom stereocenters. The third kappa shape index (κ3) is 3.72. The lowest BCUT2D eigenvalue weighted by atomic mass is 10.3. The molecule has 1 radical (unpaired) electrons. The molecule has 0 aromatic rings. The van der Waals surface area contributed by atoms with E-state index in [9.17, 15) is 0 Å². The molecule has 0 aliphatic rings. The van der Waals surface area contributed by atoms with Gasteiger partial charge >= 0.3 is 0 Å². The first-order chi connectivity index (χ1) is 3.81. The Morgan fingerprint density at radius 1 is 1.62 bits per heavy atom. The van der Waals surface area contributed by atoms with Crippen molar-refractivity contribution < 1.29 is 5.11 Å². The molecule has 8 heavy (non-hydrogen) atoms. The predicted octanol–water partition coefficient (Wildman–Crippen LogP) is 2.45. The van der Waals surface area contributed by atoms with Crippen molar-refractivity contribution in [3.63, 3.8) is 0 Å². The zero-order valence-electron chi connectivity index (χ0n) is 5.52. The van der Waals surface area contributed by atoms with Crippen LogP contribution in [0.2, 0.25) is 0 Å². The van der Waals surface area contributed by atoms with E-state index in [2.05, 4.69) is 6.92 Å². The van der Waals surface area contributed by atoms with Crippen LogP contribution in [0.15, 0.2) is 11.8 Å². The Kier molecular flexibility index (Phi) is 4.42. The van der Waals surface area contributed by atoms with Crippen molar-refractivity contribution in [2.45, 2.75) is 26.7 Å². The number of hydrogen-bond donors (Lipinski definition) is 1. The molecule has 0 bridgehead atoms. The van der Waals surface area contributed by atoms with Crippen molar-refractivity contribution in [1.82, 2.24) is 0 Å². The second-order valence-corrected chi connectivity index (χ2v) is 1.71. The van der Waals surface area contributed by atoms with E-state index in [1.807, 2.05) is 13.0 Å². The predicted molar refractivity (Wildman–Crippen MR) is 35.6 cm³/mol. The quantitative estimate of drug-likeness (QED) is 0.557. The van der Waals surface area contributed by atoms with Crippen molar-refractivity contribution >= 4 is 0 Å². The van der Waals surface area contributed by atoms with Crippen LogP contribution in [-0.2, 0) is 0 Å². The lowest BCUT2D eigenvalue weighted by Gasteiger charge is -1.89. The van der Waals surface area contributed by atoms with Crippen LogP contribution in [0.3, 0.4) is 0 Å². The Hall–Kier alpha value is -0.460. The van der Waals surface area contributed by atoms with Crippen LogP contribution in [0.4, 0.5) is 0 Å². The second-order valence-electron chi connectivity index (χ2n) is 1.71. The van der Waals surface area contributed by atoms with Gasteiger partial charge in [0.15, 0.2) is 0 Å². The first-order valence-corrected chi connectivity index (χ1v) is 2.99. The Labute approximate surface area is 51.0 Å². The minimum atomic E-state index is 0.395. The van der Waals surface area contributed by atoms with E-state index in [1.165, 1.54) is 0 Å². The van der Waals surface area contributed by atoms with Crippen LogP contribution in [0.1, 0.15) is 26.7 Å². The molecule has 1 nitrogen and oxygen atoms in total. The second kappa shape index (κ2) is 4.69. The number of allylic oxidation sites excluding steroid dienone is 2. The molecule has 0 fully saturated rings. The maximum atomic E-state index is 8.79. The zero-order chi connectivity index (χ0) is 6.41. The summed E-state index contributed by atoms with van der Waals surface area (Å²) in [6.07, 6.45) is 5.57. The lowest BCUT2D eigenvalue weighted by Crippen LogP contribution is -1.76. The SMILES string of the molecule is C[CH]/C(O)=C/CCC. The molecule has 0 aromatic heterocycles. The number of hydrogen-bond acceptors (Lipinski definition) is 1. The molecule has 0 saturated heterocycles. The van der Waals surface area contributed by atoms with Gasteiger partial charge in [-0.2, -0.15) is 0 Å². The summed E-state index contributed by atoms with van der Waals surface area (Å²) in [5, 5.41) is 8.79. The van der Waals surface area contributed by atoms with E-state index in [0.717, 1.165) is 12.8 Å². The fourth-order valence-corrected chi connectivity index (χ4v) is 0.410. The van der Waals surface area contributed by atoms with E-state index in [-0.39, 0.29) is 0 Å². The molecule has 0 amide bonds. The normalized spacial score (nSPS) is 12.0. The first-order valence-electron chi connectivity index (χ1n) is 2.99. The largest absolute Gasteiger partial charge is 0.512 e. The highest BCUT2D eigenvalue weighted by atomic mass is 16.3. The van der Waals surface area contributed by atoms with E-state index in [4.69, 9.17) is 5.11 Å². The number of aliphatic hydroxyl groups is 1. The van der Waals surface area contributed by atoms with Gasteiger partial charge in [0.2, 0.25) is 0 Å². The minimum Gasteiger partial charge on any atom is -0.512 e. The molecule has 0 spiro atoms. The van der Waals surface area contributed by atoms with E-state index < -0.39 is 0 Å². The van der Waals surface area contributed by atoms with Crippen molar-refractivity contribution in [2.75, 3.05) is 0 Å². The molecule has 0 rings (SSSR count).